The zero-order valence-corrected chi connectivity index (χ0v) is 9.88. The van der Waals surface area contributed by atoms with E-state index >= 15 is 0 Å². The van der Waals surface area contributed by atoms with E-state index in [4.69, 9.17) is 0 Å². The minimum absolute atomic E-state index is 0.608. The van der Waals surface area contributed by atoms with Crippen molar-refractivity contribution in [2.75, 3.05) is 25.1 Å². The molecule has 0 amide bonds. The third-order valence-corrected chi connectivity index (χ3v) is 3.71. The minimum atomic E-state index is 0.608. The second kappa shape index (κ2) is 5.92. The second-order valence-electron chi connectivity index (χ2n) is 4.54. The van der Waals surface area contributed by atoms with Gasteiger partial charge in [0.2, 0.25) is 0 Å². The Kier molecular flexibility index (Phi) is 5.18. The molecule has 0 radical (unpaired) electrons. The lowest BCUT2D eigenvalue weighted by atomic mass is 9.76. The van der Waals surface area contributed by atoms with E-state index in [9.17, 15) is 0 Å². The van der Waals surface area contributed by atoms with Gasteiger partial charge in [-0.15, -0.1) is 0 Å². The van der Waals surface area contributed by atoms with Crippen LogP contribution in [0.3, 0.4) is 0 Å². The lowest BCUT2D eigenvalue weighted by Gasteiger charge is -2.33. The molecule has 1 nitrogen and oxygen atoms in total. The lowest BCUT2D eigenvalue weighted by molar-refractivity contribution is 0.209. The summed E-state index contributed by atoms with van der Waals surface area (Å²) in [5, 5.41) is 3.58. The van der Waals surface area contributed by atoms with E-state index in [2.05, 4.69) is 18.5 Å². The van der Waals surface area contributed by atoms with Gasteiger partial charge < -0.3 is 5.32 Å². The molecule has 0 bridgehead atoms. The molecule has 13 heavy (non-hydrogen) atoms. The monoisotopic (exact) mass is 201 g/mol. The maximum Gasteiger partial charge on any atom is 0.00553 e. The van der Waals surface area contributed by atoms with Crippen LogP contribution in [0.25, 0.3) is 0 Å². The van der Waals surface area contributed by atoms with Crippen LogP contribution in [0.4, 0.5) is 0 Å². The number of nitrogens with one attached hydrogen (secondary N) is 1. The molecule has 0 aromatic rings. The maximum atomic E-state index is 3.58. The van der Waals surface area contributed by atoms with Gasteiger partial charge >= 0.3 is 0 Å². The molecule has 1 rings (SSSR count). The Bertz CT molecular complexity index is 130. The van der Waals surface area contributed by atoms with Crippen molar-refractivity contribution in [3.8, 4) is 0 Å². The summed E-state index contributed by atoms with van der Waals surface area (Å²) in [5.74, 6) is 1.25. The topological polar surface area (TPSA) is 12.0 Å². The summed E-state index contributed by atoms with van der Waals surface area (Å²) in [4.78, 5) is 0. The summed E-state index contributed by atoms with van der Waals surface area (Å²) in [7, 11) is 0. The predicted molar refractivity (Wildman–Crippen MR) is 62.4 cm³/mol. The number of hydrogen-bond acceptors (Lipinski definition) is 2. The van der Waals surface area contributed by atoms with Crippen LogP contribution in [0.2, 0.25) is 0 Å². The van der Waals surface area contributed by atoms with Gasteiger partial charge in [-0.05, 0) is 24.5 Å². The summed E-state index contributed by atoms with van der Waals surface area (Å²) in [6.07, 6.45) is 9.38. The van der Waals surface area contributed by atoms with Crippen LogP contribution in [0.1, 0.15) is 39.0 Å². The zero-order valence-electron chi connectivity index (χ0n) is 9.07. The molecule has 1 N–H and O–H groups in total. The van der Waals surface area contributed by atoms with Gasteiger partial charge in [-0.3, -0.25) is 0 Å². The molecule has 78 valence electrons. The fourth-order valence-corrected chi connectivity index (χ4v) is 2.49. The fraction of sp³-hybridized carbons (Fsp3) is 1.00. The summed E-state index contributed by atoms with van der Waals surface area (Å²) >= 11 is 1.92. The van der Waals surface area contributed by atoms with Crippen molar-refractivity contribution < 1.29 is 0 Å². The van der Waals surface area contributed by atoms with Crippen molar-refractivity contribution in [2.45, 2.75) is 39.0 Å². The Hall–Kier alpha value is 0.310. The van der Waals surface area contributed by atoms with Gasteiger partial charge in [0.15, 0.2) is 0 Å². The van der Waals surface area contributed by atoms with Crippen molar-refractivity contribution in [1.82, 2.24) is 5.32 Å². The molecule has 1 aliphatic rings. The SMILES string of the molecule is CSCCNCC1(C)CCCCC1. The van der Waals surface area contributed by atoms with E-state index < -0.39 is 0 Å². The average molecular weight is 201 g/mol. The Morgan fingerprint density at radius 3 is 2.54 bits per heavy atom. The largest absolute Gasteiger partial charge is 0.315 e. The molecule has 2 heteroatoms. The highest BCUT2D eigenvalue weighted by Crippen LogP contribution is 2.34. The Labute approximate surface area is 87.1 Å². The molecule has 1 aliphatic carbocycles. The van der Waals surface area contributed by atoms with E-state index in [0.29, 0.717) is 5.41 Å². The maximum absolute atomic E-state index is 3.58. The molecule has 0 aromatic carbocycles. The van der Waals surface area contributed by atoms with Crippen LogP contribution in [0.5, 0.6) is 0 Å². The quantitative estimate of drug-likeness (QED) is 0.686. The third kappa shape index (κ3) is 4.37. The molecule has 0 unspecified atom stereocenters. The van der Waals surface area contributed by atoms with Crippen molar-refractivity contribution >= 4 is 11.8 Å². The predicted octanol–water partition coefficient (Wildman–Crippen LogP) is 2.91. The highest BCUT2D eigenvalue weighted by Gasteiger charge is 2.25. The van der Waals surface area contributed by atoms with Crippen molar-refractivity contribution in [1.29, 1.82) is 0 Å². The number of rotatable bonds is 5. The minimum Gasteiger partial charge on any atom is -0.315 e. The average Bonchev–Trinajstić information content (AvgIpc) is 2.14. The van der Waals surface area contributed by atoms with E-state index in [0.717, 1.165) is 0 Å². The van der Waals surface area contributed by atoms with Gasteiger partial charge in [-0.2, -0.15) is 11.8 Å². The first-order valence-electron chi connectivity index (χ1n) is 5.46. The molecule has 0 saturated heterocycles. The molecule has 0 atom stereocenters. The first-order chi connectivity index (χ1) is 6.27. The summed E-state index contributed by atoms with van der Waals surface area (Å²) in [6, 6.07) is 0. The van der Waals surface area contributed by atoms with Gasteiger partial charge in [0.1, 0.15) is 0 Å². The second-order valence-corrected chi connectivity index (χ2v) is 5.53. The highest BCUT2D eigenvalue weighted by atomic mass is 32.2. The number of hydrogen-bond donors (Lipinski definition) is 1. The van der Waals surface area contributed by atoms with E-state index in [1.165, 1.54) is 50.9 Å². The molecule has 0 aromatic heterocycles. The standard InChI is InChI=1S/C11H23NS/c1-11(6-4-3-5-7-11)10-12-8-9-13-2/h12H,3-10H2,1-2H3. The molecule has 1 saturated carbocycles. The van der Waals surface area contributed by atoms with Crippen molar-refractivity contribution in [3.05, 3.63) is 0 Å². The normalized spacial score (nSPS) is 21.7. The van der Waals surface area contributed by atoms with Gasteiger partial charge in [-0.25, -0.2) is 0 Å². The van der Waals surface area contributed by atoms with Crippen molar-refractivity contribution in [3.63, 3.8) is 0 Å². The molecule has 0 spiro atoms. The van der Waals surface area contributed by atoms with Crippen LogP contribution in [0.15, 0.2) is 0 Å². The summed E-state index contributed by atoms with van der Waals surface area (Å²) in [5.41, 5.74) is 0.608. The van der Waals surface area contributed by atoms with Crippen LogP contribution in [-0.4, -0.2) is 25.1 Å². The van der Waals surface area contributed by atoms with Crippen LogP contribution >= 0.6 is 11.8 Å². The smallest absolute Gasteiger partial charge is 0.00553 e. The molecular formula is C11H23NS. The lowest BCUT2D eigenvalue weighted by Crippen LogP contribution is -2.34. The van der Waals surface area contributed by atoms with Gasteiger partial charge in [0.05, 0.1) is 0 Å². The van der Waals surface area contributed by atoms with Gasteiger partial charge in [0.25, 0.3) is 0 Å². The first kappa shape index (κ1) is 11.4. The first-order valence-corrected chi connectivity index (χ1v) is 6.86. The van der Waals surface area contributed by atoms with E-state index in [-0.39, 0.29) is 0 Å². The highest BCUT2D eigenvalue weighted by molar-refractivity contribution is 7.98. The van der Waals surface area contributed by atoms with Crippen LogP contribution in [-0.2, 0) is 0 Å². The van der Waals surface area contributed by atoms with Gasteiger partial charge in [-0.1, -0.05) is 26.2 Å². The Morgan fingerprint density at radius 1 is 1.23 bits per heavy atom. The van der Waals surface area contributed by atoms with Crippen LogP contribution in [0, 0.1) is 5.41 Å². The molecule has 0 aliphatic heterocycles. The molecule has 0 heterocycles. The Morgan fingerprint density at radius 2 is 1.92 bits per heavy atom. The van der Waals surface area contributed by atoms with Gasteiger partial charge in [0, 0.05) is 18.8 Å². The molecular weight excluding hydrogens is 178 g/mol. The number of thioether (sulfide) groups is 1. The van der Waals surface area contributed by atoms with Crippen molar-refractivity contribution in [2.24, 2.45) is 5.41 Å². The third-order valence-electron chi connectivity index (χ3n) is 3.10. The summed E-state index contributed by atoms with van der Waals surface area (Å²) in [6.45, 7) is 4.85. The van der Waals surface area contributed by atoms with E-state index in [1.807, 2.05) is 11.8 Å². The molecule has 1 fully saturated rings. The zero-order chi connectivity index (χ0) is 9.57. The van der Waals surface area contributed by atoms with Crippen LogP contribution < -0.4 is 5.32 Å². The van der Waals surface area contributed by atoms with E-state index in [1.54, 1.807) is 0 Å². The Balaban J connectivity index is 2.10. The summed E-state index contributed by atoms with van der Waals surface area (Å²) < 4.78 is 0. The fourth-order valence-electron chi connectivity index (χ4n) is 2.15.